The van der Waals surface area contributed by atoms with Crippen LogP contribution in [0.3, 0.4) is 0 Å². The molecule has 1 saturated heterocycles. The van der Waals surface area contributed by atoms with Crippen LogP contribution in [0, 0.1) is 12.7 Å². The Morgan fingerprint density at radius 1 is 1.17 bits per heavy atom. The van der Waals surface area contributed by atoms with E-state index in [-0.39, 0.29) is 22.7 Å². The molecule has 5 nitrogen and oxygen atoms in total. The van der Waals surface area contributed by atoms with E-state index in [9.17, 15) is 17.6 Å². The number of halogens is 1. The van der Waals surface area contributed by atoms with Crippen molar-refractivity contribution in [1.29, 1.82) is 0 Å². The minimum Gasteiger partial charge on any atom is -0.345 e. The highest BCUT2D eigenvalue weighted by atomic mass is 32.2. The van der Waals surface area contributed by atoms with Crippen molar-refractivity contribution in [2.45, 2.75) is 48.4 Å². The summed E-state index contributed by atoms with van der Waals surface area (Å²) in [6, 6.07) is 9.32. The SMILES string of the molecule is Cc1ccc(S(=O)(=O)N2CCCCC2)cc1C(=O)NC1CCSc2c(F)cccc21. The maximum atomic E-state index is 14.1. The summed E-state index contributed by atoms with van der Waals surface area (Å²) in [6.07, 6.45) is 3.44. The van der Waals surface area contributed by atoms with E-state index in [1.54, 1.807) is 25.1 Å². The van der Waals surface area contributed by atoms with Gasteiger partial charge >= 0.3 is 0 Å². The third kappa shape index (κ3) is 4.13. The normalized spacial score (nSPS) is 19.9. The van der Waals surface area contributed by atoms with Gasteiger partial charge in [-0.05, 0) is 55.5 Å². The lowest BCUT2D eigenvalue weighted by atomic mass is 10.0. The van der Waals surface area contributed by atoms with Crippen molar-refractivity contribution in [1.82, 2.24) is 9.62 Å². The van der Waals surface area contributed by atoms with Crippen LogP contribution in [0.2, 0.25) is 0 Å². The highest BCUT2D eigenvalue weighted by Gasteiger charge is 2.28. The number of aryl methyl sites for hydroxylation is 1. The van der Waals surface area contributed by atoms with E-state index in [0.717, 1.165) is 24.8 Å². The molecule has 8 heteroatoms. The molecule has 2 aromatic rings. The number of hydrogen-bond donors (Lipinski definition) is 1. The second-order valence-electron chi connectivity index (χ2n) is 7.76. The van der Waals surface area contributed by atoms with Crippen molar-refractivity contribution in [2.24, 2.45) is 0 Å². The summed E-state index contributed by atoms with van der Waals surface area (Å²) in [4.78, 5) is 13.8. The maximum Gasteiger partial charge on any atom is 0.252 e. The van der Waals surface area contributed by atoms with Gasteiger partial charge in [-0.15, -0.1) is 11.8 Å². The number of carbonyl (C=O) groups excluding carboxylic acids is 1. The van der Waals surface area contributed by atoms with Crippen LogP contribution in [-0.4, -0.2) is 37.5 Å². The number of nitrogens with zero attached hydrogens (tertiary/aromatic N) is 1. The third-order valence-electron chi connectivity index (χ3n) is 5.74. The molecule has 2 aliphatic rings. The number of piperidine rings is 1. The topological polar surface area (TPSA) is 66.5 Å². The first-order valence-electron chi connectivity index (χ1n) is 10.2. The molecule has 2 aromatic carbocycles. The molecule has 30 heavy (non-hydrogen) atoms. The molecule has 2 aliphatic heterocycles. The molecule has 1 fully saturated rings. The van der Waals surface area contributed by atoms with Crippen LogP contribution >= 0.6 is 11.8 Å². The Hall–Kier alpha value is -1.90. The fourth-order valence-electron chi connectivity index (χ4n) is 4.03. The highest BCUT2D eigenvalue weighted by molar-refractivity contribution is 7.99. The zero-order valence-corrected chi connectivity index (χ0v) is 18.5. The van der Waals surface area contributed by atoms with Gasteiger partial charge in [0.15, 0.2) is 0 Å². The molecule has 1 N–H and O–H groups in total. The molecular formula is C22H25FN2O3S2. The van der Waals surface area contributed by atoms with Gasteiger partial charge in [0.25, 0.3) is 5.91 Å². The summed E-state index contributed by atoms with van der Waals surface area (Å²) >= 11 is 1.46. The van der Waals surface area contributed by atoms with Gasteiger partial charge in [-0.1, -0.05) is 24.6 Å². The van der Waals surface area contributed by atoms with Crippen molar-refractivity contribution < 1.29 is 17.6 Å². The first kappa shape index (κ1) is 21.3. The number of hydrogen-bond acceptors (Lipinski definition) is 4. The van der Waals surface area contributed by atoms with E-state index in [0.29, 0.717) is 41.3 Å². The molecule has 1 atom stereocenters. The first-order valence-corrected chi connectivity index (χ1v) is 12.6. The van der Waals surface area contributed by atoms with Crippen LogP contribution in [0.4, 0.5) is 4.39 Å². The monoisotopic (exact) mass is 448 g/mol. The minimum absolute atomic E-state index is 0.144. The Labute approximate surface area is 181 Å². The van der Waals surface area contributed by atoms with Gasteiger partial charge in [0.1, 0.15) is 5.82 Å². The number of rotatable bonds is 4. The largest absolute Gasteiger partial charge is 0.345 e. The van der Waals surface area contributed by atoms with Crippen LogP contribution in [0.25, 0.3) is 0 Å². The van der Waals surface area contributed by atoms with Gasteiger partial charge in [-0.25, -0.2) is 12.8 Å². The number of amides is 1. The summed E-state index contributed by atoms with van der Waals surface area (Å²) in [5.74, 6) is 0.0962. The van der Waals surface area contributed by atoms with E-state index in [2.05, 4.69) is 5.32 Å². The second kappa shape index (κ2) is 8.69. The average molecular weight is 449 g/mol. The van der Waals surface area contributed by atoms with Crippen molar-refractivity contribution in [3.8, 4) is 0 Å². The van der Waals surface area contributed by atoms with Crippen LogP contribution in [0.15, 0.2) is 46.2 Å². The number of fused-ring (bicyclic) bond motifs is 1. The number of benzene rings is 2. The van der Waals surface area contributed by atoms with E-state index < -0.39 is 10.0 Å². The molecule has 4 rings (SSSR count). The Morgan fingerprint density at radius 2 is 1.93 bits per heavy atom. The van der Waals surface area contributed by atoms with Crippen LogP contribution in [-0.2, 0) is 10.0 Å². The van der Waals surface area contributed by atoms with Gasteiger partial charge in [0.05, 0.1) is 10.9 Å². The molecule has 0 saturated carbocycles. The summed E-state index contributed by atoms with van der Waals surface area (Å²) < 4.78 is 41.7. The van der Waals surface area contributed by atoms with Crippen LogP contribution in [0.5, 0.6) is 0 Å². The predicted octanol–water partition coefficient (Wildman–Crippen LogP) is 4.28. The minimum atomic E-state index is -3.62. The molecule has 1 unspecified atom stereocenters. The molecule has 2 heterocycles. The second-order valence-corrected chi connectivity index (χ2v) is 10.8. The van der Waals surface area contributed by atoms with Gasteiger partial charge in [0, 0.05) is 29.3 Å². The summed E-state index contributed by atoms with van der Waals surface area (Å²) in [5.41, 5.74) is 1.81. The van der Waals surface area contributed by atoms with E-state index in [4.69, 9.17) is 0 Å². The fourth-order valence-corrected chi connectivity index (χ4v) is 6.72. The lowest BCUT2D eigenvalue weighted by molar-refractivity contribution is 0.0934. The van der Waals surface area contributed by atoms with Crippen molar-refractivity contribution in [3.05, 3.63) is 58.9 Å². The number of thioether (sulfide) groups is 1. The fraction of sp³-hybridized carbons (Fsp3) is 0.409. The quantitative estimate of drug-likeness (QED) is 0.758. The highest BCUT2D eigenvalue weighted by Crippen LogP contribution is 2.38. The van der Waals surface area contributed by atoms with Crippen molar-refractivity contribution in [2.75, 3.05) is 18.8 Å². The molecule has 160 valence electrons. The molecule has 1 amide bonds. The molecule has 0 bridgehead atoms. The Bertz CT molecular complexity index is 1070. The van der Waals surface area contributed by atoms with Gasteiger partial charge in [-0.2, -0.15) is 4.31 Å². The lowest BCUT2D eigenvalue weighted by Crippen LogP contribution is -2.36. The van der Waals surface area contributed by atoms with E-state index in [1.165, 1.54) is 28.2 Å². The van der Waals surface area contributed by atoms with Gasteiger partial charge in [0.2, 0.25) is 10.0 Å². The Kier molecular flexibility index (Phi) is 6.18. The van der Waals surface area contributed by atoms with Gasteiger partial charge in [-0.3, -0.25) is 4.79 Å². The summed E-state index contributed by atoms with van der Waals surface area (Å²) in [7, 11) is -3.62. The molecule has 0 aliphatic carbocycles. The zero-order valence-electron chi connectivity index (χ0n) is 16.9. The number of carbonyl (C=O) groups is 1. The third-order valence-corrected chi connectivity index (χ3v) is 8.79. The molecular weight excluding hydrogens is 423 g/mol. The van der Waals surface area contributed by atoms with Gasteiger partial charge < -0.3 is 5.32 Å². The molecule has 0 aromatic heterocycles. The first-order chi connectivity index (χ1) is 14.4. The van der Waals surface area contributed by atoms with Crippen LogP contribution < -0.4 is 5.32 Å². The summed E-state index contributed by atoms with van der Waals surface area (Å²) in [6.45, 7) is 2.82. The number of sulfonamides is 1. The van der Waals surface area contributed by atoms with Crippen molar-refractivity contribution in [3.63, 3.8) is 0 Å². The number of nitrogens with one attached hydrogen (secondary N) is 1. The predicted molar refractivity (Wildman–Crippen MR) is 116 cm³/mol. The van der Waals surface area contributed by atoms with Crippen LogP contribution in [0.1, 0.15) is 53.2 Å². The smallest absolute Gasteiger partial charge is 0.252 e. The zero-order chi connectivity index (χ0) is 21.3. The Morgan fingerprint density at radius 3 is 2.70 bits per heavy atom. The van der Waals surface area contributed by atoms with Crippen molar-refractivity contribution >= 4 is 27.7 Å². The lowest BCUT2D eigenvalue weighted by Gasteiger charge is -2.27. The molecule has 0 radical (unpaired) electrons. The van der Waals surface area contributed by atoms with E-state index in [1.807, 2.05) is 6.07 Å². The van der Waals surface area contributed by atoms with E-state index >= 15 is 0 Å². The average Bonchev–Trinajstić information content (AvgIpc) is 2.75. The Balaban J connectivity index is 1.60. The molecule has 0 spiro atoms. The maximum absolute atomic E-state index is 14.1. The standard InChI is InChI=1S/C22H25FN2O3S2/c1-15-8-9-16(30(27,28)25-11-3-2-4-12-25)14-18(15)22(26)24-20-10-13-29-21-17(20)6-5-7-19(21)23/h5-9,14,20H,2-4,10-13H2,1H3,(H,24,26). The summed E-state index contributed by atoms with van der Waals surface area (Å²) in [5, 5.41) is 2.99.